The molecule has 0 radical (unpaired) electrons. The third-order valence-corrected chi connectivity index (χ3v) is 3.81. The van der Waals surface area contributed by atoms with Gasteiger partial charge < -0.3 is 14.9 Å². The van der Waals surface area contributed by atoms with E-state index in [0.29, 0.717) is 11.3 Å². The summed E-state index contributed by atoms with van der Waals surface area (Å²) in [6, 6.07) is 1.55. The number of ether oxygens (including phenoxy) is 1. The number of hydrogen-bond donors (Lipinski definition) is 2. The minimum absolute atomic E-state index is 0.00571. The van der Waals surface area contributed by atoms with E-state index in [-0.39, 0.29) is 12.2 Å². The first-order valence-corrected chi connectivity index (χ1v) is 6.28. The van der Waals surface area contributed by atoms with E-state index in [1.54, 1.807) is 19.9 Å². The smallest absolute Gasteiger partial charge is 0.309 e. The van der Waals surface area contributed by atoms with Crippen LogP contribution >= 0.6 is 15.9 Å². The fourth-order valence-electron chi connectivity index (χ4n) is 1.72. The Morgan fingerprint density at radius 2 is 2.06 bits per heavy atom. The second-order valence-corrected chi connectivity index (χ2v) is 5.73. The molecule has 1 aromatic carbocycles. The highest BCUT2D eigenvalue weighted by molar-refractivity contribution is 9.10. The number of phenols is 1. The first-order chi connectivity index (χ1) is 8.20. The molecule has 2 N–H and O–H groups in total. The van der Waals surface area contributed by atoms with Crippen molar-refractivity contribution in [1.82, 2.24) is 0 Å². The quantitative estimate of drug-likeness (QED) is 0.895. The van der Waals surface area contributed by atoms with Gasteiger partial charge in [0.1, 0.15) is 0 Å². The molecule has 100 valence electrons. The molecule has 0 aromatic heterocycles. The molecule has 0 saturated heterocycles. The van der Waals surface area contributed by atoms with Gasteiger partial charge in [-0.3, -0.25) is 4.79 Å². The van der Waals surface area contributed by atoms with Crippen LogP contribution in [0.3, 0.4) is 0 Å². The summed E-state index contributed by atoms with van der Waals surface area (Å²) in [7, 11) is 1.46. The van der Waals surface area contributed by atoms with Crippen molar-refractivity contribution in [3.05, 3.63) is 21.7 Å². The zero-order valence-corrected chi connectivity index (χ0v) is 12.5. The van der Waals surface area contributed by atoms with Crippen LogP contribution in [0.15, 0.2) is 10.5 Å². The van der Waals surface area contributed by atoms with Gasteiger partial charge in [0.15, 0.2) is 11.5 Å². The number of phenolic OH excluding ortho intramolecular Hbond substituents is 1. The number of carbonyl (C=O) groups is 1. The Balaban J connectivity index is 3.35. The van der Waals surface area contributed by atoms with E-state index in [1.807, 2.05) is 6.92 Å². The summed E-state index contributed by atoms with van der Waals surface area (Å²) in [4.78, 5) is 11.2. The maximum Gasteiger partial charge on any atom is 0.309 e. The minimum Gasteiger partial charge on any atom is -0.504 e. The van der Waals surface area contributed by atoms with E-state index in [4.69, 9.17) is 4.74 Å². The van der Waals surface area contributed by atoms with Crippen LogP contribution < -0.4 is 4.74 Å². The Labute approximate surface area is 115 Å². The summed E-state index contributed by atoms with van der Waals surface area (Å²) in [5.74, 6) is -0.542. The second kappa shape index (κ2) is 5.18. The molecule has 0 fully saturated rings. The lowest BCUT2D eigenvalue weighted by atomic mass is 9.84. The molecule has 0 heterocycles. The zero-order chi connectivity index (χ0) is 14.1. The average Bonchev–Trinajstić information content (AvgIpc) is 2.25. The van der Waals surface area contributed by atoms with Crippen LogP contribution in [0.5, 0.6) is 11.5 Å². The van der Waals surface area contributed by atoms with Crippen molar-refractivity contribution in [3.63, 3.8) is 0 Å². The van der Waals surface area contributed by atoms with Crippen LogP contribution in [-0.4, -0.2) is 23.3 Å². The van der Waals surface area contributed by atoms with Crippen LogP contribution in [-0.2, 0) is 11.2 Å². The standard InChI is InChI=1S/C13H17BrO4/c1-7-8(6-13(2,3)12(16)17)11(18-4)10(15)5-9(7)14/h5,15H,6H2,1-4H3,(H,16,17). The molecular weight excluding hydrogens is 300 g/mol. The molecule has 0 aliphatic heterocycles. The number of halogens is 1. The maximum absolute atomic E-state index is 11.2. The Bertz CT molecular complexity index is 480. The van der Waals surface area contributed by atoms with Gasteiger partial charge in [0, 0.05) is 10.0 Å². The van der Waals surface area contributed by atoms with Crippen molar-refractivity contribution >= 4 is 21.9 Å². The molecule has 0 spiro atoms. The molecule has 0 atom stereocenters. The number of carboxylic acid groups (broad SMARTS) is 1. The fraction of sp³-hybridized carbons (Fsp3) is 0.462. The lowest BCUT2D eigenvalue weighted by molar-refractivity contribution is -0.146. The monoisotopic (exact) mass is 316 g/mol. The SMILES string of the molecule is COc1c(O)cc(Br)c(C)c1CC(C)(C)C(=O)O. The number of methoxy groups -OCH3 is 1. The van der Waals surface area contributed by atoms with Gasteiger partial charge in [0.2, 0.25) is 0 Å². The Kier molecular flexibility index (Phi) is 4.27. The molecule has 0 aliphatic rings. The molecule has 18 heavy (non-hydrogen) atoms. The third kappa shape index (κ3) is 2.77. The molecule has 0 amide bonds. The lowest BCUT2D eigenvalue weighted by Gasteiger charge is -2.23. The predicted molar refractivity (Wildman–Crippen MR) is 72.2 cm³/mol. The number of benzene rings is 1. The van der Waals surface area contributed by atoms with Crippen molar-refractivity contribution in [1.29, 1.82) is 0 Å². The summed E-state index contributed by atoms with van der Waals surface area (Å²) < 4.78 is 5.91. The van der Waals surface area contributed by atoms with E-state index in [9.17, 15) is 15.0 Å². The number of rotatable bonds is 4. The molecule has 1 aromatic rings. The van der Waals surface area contributed by atoms with Crippen molar-refractivity contribution < 1.29 is 19.7 Å². The normalized spacial score (nSPS) is 11.4. The van der Waals surface area contributed by atoms with Crippen LogP contribution in [0, 0.1) is 12.3 Å². The van der Waals surface area contributed by atoms with E-state index >= 15 is 0 Å². The summed E-state index contributed by atoms with van der Waals surface area (Å²) in [6.07, 6.45) is 0.282. The minimum atomic E-state index is -0.925. The van der Waals surface area contributed by atoms with Gasteiger partial charge in [-0.2, -0.15) is 0 Å². The average molecular weight is 317 g/mol. The van der Waals surface area contributed by atoms with Crippen LogP contribution in [0.4, 0.5) is 0 Å². The van der Waals surface area contributed by atoms with Gasteiger partial charge in [0.05, 0.1) is 12.5 Å². The summed E-state index contributed by atoms with van der Waals surface area (Å²) in [5.41, 5.74) is 0.654. The summed E-state index contributed by atoms with van der Waals surface area (Å²) in [5, 5.41) is 19.0. The number of hydrogen-bond acceptors (Lipinski definition) is 3. The van der Waals surface area contributed by atoms with Gasteiger partial charge in [-0.1, -0.05) is 15.9 Å². The molecule has 5 heteroatoms. The summed E-state index contributed by atoms with van der Waals surface area (Å²) >= 11 is 3.34. The molecule has 0 unspecified atom stereocenters. The van der Waals surface area contributed by atoms with Crippen molar-refractivity contribution in [2.24, 2.45) is 5.41 Å². The highest BCUT2D eigenvalue weighted by Crippen LogP contribution is 2.40. The fourth-order valence-corrected chi connectivity index (χ4v) is 2.18. The maximum atomic E-state index is 11.2. The second-order valence-electron chi connectivity index (χ2n) is 4.88. The Morgan fingerprint density at radius 1 is 1.50 bits per heavy atom. The largest absolute Gasteiger partial charge is 0.504 e. The van der Waals surface area contributed by atoms with Gasteiger partial charge in [0.25, 0.3) is 0 Å². The number of carboxylic acids is 1. The number of aliphatic carboxylic acids is 1. The molecule has 1 rings (SSSR count). The molecule has 0 saturated carbocycles. The molecule has 4 nitrogen and oxygen atoms in total. The zero-order valence-electron chi connectivity index (χ0n) is 10.9. The number of aromatic hydroxyl groups is 1. The van der Waals surface area contributed by atoms with E-state index in [2.05, 4.69) is 15.9 Å². The van der Waals surface area contributed by atoms with Gasteiger partial charge >= 0.3 is 5.97 Å². The van der Waals surface area contributed by atoms with Gasteiger partial charge in [-0.15, -0.1) is 0 Å². The Hall–Kier alpha value is -1.23. The van der Waals surface area contributed by atoms with E-state index in [1.165, 1.54) is 7.11 Å². The molecule has 0 aliphatic carbocycles. The van der Waals surface area contributed by atoms with Crippen molar-refractivity contribution in [3.8, 4) is 11.5 Å². The van der Waals surface area contributed by atoms with Crippen LogP contribution in [0.1, 0.15) is 25.0 Å². The highest BCUT2D eigenvalue weighted by atomic mass is 79.9. The Morgan fingerprint density at radius 3 is 2.50 bits per heavy atom. The molecular formula is C13H17BrO4. The molecule has 0 bridgehead atoms. The van der Waals surface area contributed by atoms with Crippen molar-refractivity contribution in [2.45, 2.75) is 27.2 Å². The predicted octanol–water partition coefficient (Wildman–Crippen LogP) is 3.13. The van der Waals surface area contributed by atoms with Crippen molar-refractivity contribution in [2.75, 3.05) is 7.11 Å². The van der Waals surface area contributed by atoms with Gasteiger partial charge in [-0.05, 0) is 38.8 Å². The highest BCUT2D eigenvalue weighted by Gasteiger charge is 2.30. The van der Waals surface area contributed by atoms with E-state index in [0.717, 1.165) is 10.0 Å². The van der Waals surface area contributed by atoms with Crippen LogP contribution in [0.2, 0.25) is 0 Å². The third-order valence-electron chi connectivity index (χ3n) is 2.98. The van der Waals surface area contributed by atoms with Crippen LogP contribution in [0.25, 0.3) is 0 Å². The lowest BCUT2D eigenvalue weighted by Crippen LogP contribution is -2.26. The first-order valence-electron chi connectivity index (χ1n) is 5.49. The first kappa shape index (κ1) is 14.8. The topological polar surface area (TPSA) is 66.8 Å². The summed E-state index contributed by atoms with van der Waals surface area (Å²) in [6.45, 7) is 5.15. The van der Waals surface area contributed by atoms with E-state index < -0.39 is 11.4 Å². The van der Waals surface area contributed by atoms with Gasteiger partial charge in [-0.25, -0.2) is 0 Å².